The molecule has 3 nitrogen and oxygen atoms in total. The average Bonchev–Trinajstić information content (AvgIpc) is 3.81. The molecule has 216 valence electrons. The van der Waals surface area contributed by atoms with E-state index in [0.29, 0.717) is 0 Å². The van der Waals surface area contributed by atoms with Gasteiger partial charge in [-0.05, 0) is 42.0 Å². The van der Waals surface area contributed by atoms with E-state index in [4.69, 9.17) is 8.83 Å². The number of hydrogen-bond donors (Lipinski definition) is 0. The molecule has 7 aromatic carbocycles. The van der Waals surface area contributed by atoms with Gasteiger partial charge in [-0.3, -0.25) is 0 Å². The van der Waals surface area contributed by atoms with Gasteiger partial charge in [0, 0.05) is 47.3 Å². The number of furan rings is 2. The van der Waals surface area contributed by atoms with Gasteiger partial charge in [0.25, 0.3) is 0 Å². The van der Waals surface area contributed by atoms with Crippen LogP contribution < -0.4 is 4.90 Å². The normalized spacial score (nSPS) is 11.9. The maximum absolute atomic E-state index is 6.98. The van der Waals surface area contributed by atoms with E-state index < -0.39 is 0 Å². The van der Waals surface area contributed by atoms with Crippen molar-refractivity contribution in [2.45, 2.75) is 0 Å². The molecule has 3 heterocycles. The van der Waals surface area contributed by atoms with E-state index in [1.807, 2.05) is 29.5 Å². The first-order valence-electron chi connectivity index (χ1n) is 15.4. The van der Waals surface area contributed by atoms with Crippen LogP contribution in [0.25, 0.3) is 75.2 Å². The molecule has 3 aromatic heterocycles. The van der Waals surface area contributed by atoms with Gasteiger partial charge in [0.2, 0.25) is 0 Å². The van der Waals surface area contributed by atoms with Crippen LogP contribution >= 0.6 is 11.3 Å². The van der Waals surface area contributed by atoms with Crippen molar-refractivity contribution in [2.24, 2.45) is 0 Å². The maximum atomic E-state index is 6.98. The second-order valence-electron chi connectivity index (χ2n) is 11.6. The monoisotopic (exact) mass is 607 g/mol. The number of hydrogen-bond acceptors (Lipinski definition) is 4. The Morgan fingerprint density at radius 3 is 1.78 bits per heavy atom. The first kappa shape index (κ1) is 25.5. The summed E-state index contributed by atoms with van der Waals surface area (Å²) < 4.78 is 16.1. The number of benzene rings is 7. The van der Waals surface area contributed by atoms with Crippen molar-refractivity contribution >= 4 is 92.4 Å². The van der Waals surface area contributed by atoms with Crippen molar-refractivity contribution in [3.8, 4) is 11.1 Å². The van der Waals surface area contributed by atoms with E-state index in [2.05, 4.69) is 138 Å². The van der Waals surface area contributed by atoms with Crippen molar-refractivity contribution in [1.82, 2.24) is 0 Å². The number of anilines is 3. The Morgan fingerprint density at radius 1 is 0.391 bits per heavy atom. The molecule has 0 saturated heterocycles. The molecule has 0 aliphatic carbocycles. The van der Waals surface area contributed by atoms with Crippen LogP contribution in [0.5, 0.6) is 0 Å². The van der Waals surface area contributed by atoms with Gasteiger partial charge < -0.3 is 13.7 Å². The van der Waals surface area contributed by atoms with Crippen LogP contribution in [0, 0.1) is 0 Å². The Balaban J connectivity index is 1.34. The predicted molar refractivity (Wildman–Crippen MR) is 194 cm³/mol. The fraction of sp³-hybridized carbons (Fsp3) is 0. The molecular formula is C42H25NO2S. The summed E-state index contributed by atoms with van der Waals surface area (Å²) in [6.07, 6.45) is 0. The molecule has 0 saturated carbocycles. The fourth-order valence-electron chi connectivity index (χ4n) is 7.07. The van der Waals surface area contributed by atoms with Crippen LogP contribution in [0.2, 0.25) is 0 Å². The van der Waals surface area contributed by atoms with Gasteiger partial charge in [-0.1, -0.05) is 115 Å². The highest BCUT2D eigenvalue weighted by Gasteiger charge is 2.26. The zero-order valence-electron chi connectivity index (χ0n) is 24.6. The molecule has 0 spiro atoms. The van der Waals surface area contributed by atoms with Crippen molar-refractivity contribution in [3.05, 3.63) is 152 Å². The maximum Gasteiger partial charge on any atom is 0.159 e. The van der Waals surface area contributed by atoms with Crippen molar-refractivity contribution in [1.29, 1.82) is 0 Å². The summed E-state index contributed by atoms with van der Waals surface area (Å²) >= 11 is 1.82. The van der Waals surface area contributed by atoms with Crippen LogP contribution in [0.1, 0.15) is 0 Å². The molecule has 4 heteroatoms. The van der Waals surface area contributed by atoms with Crippen molar-refractivity contribution < 1.29 is 8.83 Å². The fourth-order valence-corrected chi connectivity index (χ4v) is 8.19. The van der Waals surface area contributed by atoms with E-state index in [-0.39, 0.29) is 0 Å². The van der Waals surface area contributed by atoms with Gasteiger partial charge >= 0.3 is 0 Å². The molecule has 0 N–H and O–H groups in total. The molecule has 0 amide bonds. The molecule has 0 radical (unpaired) electrons. The molecule has 0 aliphatic rings. The van der Waals surface area contributed by atoms with Crippen molar-refractivity contribution in [2.75, 3.05) is 4.90 Å². The van der Waals surface area contributed by atoms with Gasteiger partial charge in [-0.25, -0.2) is 0 Å². The Labute approximate surface area is 268 Å². The topological polar surface area (TPSA) is 29.5 Å². The minimum absolute atomic E-state index is 0.838. The number of para-hydroxylation sites is 4. The summed E-state index contributed by atoms with van der Waals surface area (Å²) in [6, 6.07) is 53.4. The third-order valence-electron chi connectivity index (χ3n) is 9.08. The second-order valence-corrected chi connectivity index (χ2v) is 12.7. The molecule has 10 aromatic rings. The quantitative estimate of drug-likeness (QED) is 0.199. The smallest absolute Gasteiger partial charge is 0.159 e. The van der Waals surface area contributed by atoms with Crippen LogP contribution in [0.4, 0.5) is 17.1 Å². The van der Waals surface area contributed by atoms with Crippen LogP contribution in [0.3, 0.4) is 0 Å². The first-order chi connectivity index (χ1) is 22.8. The molecule has 0 aliphatic heterocycles. The SMILES string of the molecule is c1ccc(-c2cccc3c2oc2c(N(c4cccc5c4oc4ccccc45)c4cccc5sc6ccccc6c45)cccc23)cc1. The summed E-state index contributed by atoms with van der Waals surface area (Å²) in [5, 5.41) is 6.82. The number of fused-ring (bicyclic) bond motifs is 9. The molecule has 0 bridgehead atoms. The zero-order valence-corrected chi connectivity index (χ0v) is 25.4. The van der Waals surface area contributed by atoms with Gasteiger partial charge in [0.1, 0.15) is 11.2 Å². The molecule has 0 atom stereocenters. The Kier molecular flexibility index (Phi) is 5.45. The molecular weight excluding hydrogens is 583 g/mol. The van der Waals surface area contributed by atoms with Gasteiger partial charge in [0.15, 0.2) is 11.2 Å². The molecule has 0 unspecified atom stereocenters. The third-order valence-corrected chi connectivity index (χ3v) is 10.2. The van der Waals surface area contributed by atoms with E-state index in [9.17, 15) is 0 Å². The standard InChI is InChI=1S/C42H25NO2S/c1-2-12-26(13-3-1)27-16-8-17-30-31-19-10-22-35(42(31)45-40(27)30)43(33-20-11-25-38-39(33)32-15-5-7-24-37(32)46-38)34-21-9-18-29-28-14-4-6-23-36(28)44-41(29)34/h1-25H. The third kappa shape index (κ3) is 3.65. The molecule has 0 fully saturated rings. The lowest BCUT2D eigenvalue weighted by Crippen LogP contribution is -2.11. The van der Waals surface area contributed by atoms with Crippen LogP contribution in [0.15, 0.2) is 160 Å². The molecule has 10 rings (SSSR count). The Hall–Kier alpha value is -5.84. The summed E-state index contributed by atoms with van der Waals surface area (Å²) in [4.78, 5) is 2.35. The van der Waals surface area contributed by atoms with Crippen LogP contribution in [-0.4, -0.2) is 0 Å². The van der Waals surface area contributed by atoms with Gasteiger partial charge in [-0.2, -0.15) is 0 Å². The van der Waals surface area contributed by atoms with Crippen molar-refractivity contribution in [3.63, 3.8) is 0 Å². The lowest BCUT2D eigenvalue weighted by atomic mass is 10.0. The lowest BCUT2D eigenvalue weighted by molar-refractivity contribution is 0.667. The number of nitrogens with zero attached hydrogens (tertiary/aromatic N) is 1. The summed E-state index contributed by atoms with van der Waals surface area (Å²) in [7, 11) is 0. The number of thiophene rings is 1. The van der Waals surface area contributed by atoms with E-state index in [1.165, 1.54) is 20.2 Å². The second kappa shape index (κ2) is 9.83. The van der Waals surface area contributed by atoms with Gasteiger partial charge in [0.05, 0.1) is 17.1 Å². The number of rotatable bonds is 4. The van der Waals surface area contributed by atoms with Gasteiger partial charge in [-0.15, -0.1) is 11.3 Å². The lowest BCUT2D eigenvalue weighted by Gasteiger charge is -2.26. The zero-order chi connectivity index (χ0) is 30.2. The van der Waals surface area contributed by atoms with E-state index in [1.54, 1.807) is 0 Å². The highest BCUT2D eigenvalue weighted by molar-refractivity contribution is 7.26. The van der Waals surface area contributed by atoms with E-state index in [0.717, 1.165) is 72.1 Å². The largest absolute Gasteiger partial charge is 0.454 e. The Morgan fingerprint density at radius 2 is 0.957 bits per heavy atom. The highest BCUT2D eigenvalue weighted by Crippen LogP contribution is 2.50. The van der Waals surface area contributed by atoms with Crippen LogP contribution in [-0.2, 0) is 0 Å². The summed E-state index contributed by atoms with van der Waals surface area (Å²) in [5.41, 5.74) is 8.67. The first-order valence-corrected chi connectivity index (χ1v) is 16.3. The average molecular weight is 608 g/mol. The minimum atomic E-state index is 0.838. The predicted octanol–water partition coefficient (Wildman–Crippen LogP) is 13.0. The highest BCUT2D eigenvalue weighted by atomic mass is 32.1. The summed E-state index contributed by atoms with van der Waals surface area (Å²) in [5.74, 6) is 0. The van der Waals surface area contributed by atoms with E-state index >= 15 is 0 Å². The minimum Gasteiger partial charge on any atom is -0.454 e. The Bertz CT molecular complexity index is 2770. The summed E-state index contributed by atoms with van der Waals surface area (Å²) in [6.45, 7) is 0. The molecule has 46 heavy (non-hydrogen) atoms.